The molecular formula is C62H43N. The average Bonchev–Trinajstić information content (AvgIpc) is 3.37. The maximum absolute atomic E-state index is 2.39. The summed E-state index contributed by atoms with van der Waals surface area (Å²) in [6, 6.07) is 94.6. The Morgan fingerprint density at radius 2 is 0.540 bits per heavy atom. The van der Waals surface area contributed by atoms with Crippen LogP contribution in [0.4, 0.5) is 17.1 Å². The van der Waals surface area contributed by atoms with Crippen molar-refractivity contribution in [3.63, 3.8) is 0 Å². The molecule has 0 aliphatic rings. The van der Waals surface area contributed by atoms with Gasteiger partial charge in [0, 0.05) is 17.1 Å². The Hall–Kier alpha value is -8.26. The quantitative estimate of drug-likeness (QED) is 0.131. The first-order chi connectivity index (χ1) is 31.2. The summed E-state index contributed by atoms with van der Waals surface area (Å²) >= 11 is 0. The lowest BCUT2D eigenvalue weighted by Gasteiger charge is -2.27. The standard InChI is InChI=1S/C62H43N/c1-4-14-44(15-5-1)47-24-28-50(29-25-47)58-41-40-56(43-62(58)51-30-26-48(27-31-51)45-16-6-2-7-17-45)63(54-36-32-49(33-37-54)46-18-8-3-9-19-46)55-38-34-52(35-39-55)61-42-53-20-10-11-21-57(53)59-22-12-13-23-60(59)61/h1-43H. The highest BCUT2D eigenvalue weighted by Gasteiger charge is 2.18. The number of fused-ring (bicyclic) bond motifs is 3. The van der Waals surface area contributed by atoms with Crippen molar-refractivity contribution >= 4 is 38.6 Å². The van der Waals surface area contributed by atoms with Crippen LogP contribution >= 0.6 is 0 Å². The molecular weight excluding hydrogens is 759 g/mol. The summed E-state index contributed by atoms with van der Waals surface area (Å²) in [6.45, 7) is 0. The number of hydrogen-bond acceptors (Lipinski definition) is 1. The molecule has 63 heavy (non-hydrogen) atoms. The number of nitrogens with zero attached hydrogens (tertiary/aromatic N) is 1. The molecule has 0 N–H and O–H groups in total. The van der Waals surface area contributed by atoms with Crippen molar-refractivity contribution in [2.45, 2.75) is 0 Å². The van der Waals surface area contributed by atoms with Gasteiger partial charge in [-0.25, -0.2) is 0 Å². The van der Waals surface area contributed by atoms with Gasteiger partial charge in [-0.05, 0) is 131 Å². The number of rotatable bonds is 9. The summed E-state index contributed by atoms with van der Waals surface area (Å²) in [5, 5.41) is 5.05. The van der Waals surface area contributed by atoms with Crippen LogP contribution in [0, 0.1) is 0 Å². The van der Waals surface area contributed by atoms with Gasteiger partial charge in [0.2, 0.25) is 0 Å². The molecule has 11 rings (SSSR count). The minimum absolute atomic E-state index is 1.08. The fourth-order valence-corrected chi connectivity index (χ4v) is 9.07. The molecule has 11 aromatic rings. The van der Waals surface area contributed by atoms with E-state index < -0.39 is 0 Å². The van der Waals surface area contributed by atoms with E-state index in [0.29, 0.717) is 0 Å². The van der Waals surface area contributed by atoms with Crippen LogP contribution in [0.25, 0.3) is 88.3 Å². The smallest absolute Gasteiger partial charge is 0.0468 e. The van der Waals surface area contributed by atoms with E-state index in [1.54, 1.807) is 0 Å². The zero-order valence-electron chi connectivity index (χ0n) is 34.8. The van der Waals surface area contributed by atoms with E-state index in [1.807, 2.05) is 0 Å². The number of anilines is 3. The van der Waals surface area contributed by atoms with Gasteiger partial charge in [0.25, 0.3) is 0 Å². The lowest BCUT2D eigenvalue weighted by atomic mass is 9.91. The van der Waals surface area contributed by atoms with Gasteiger partial charge in [0.05, 0.1) is 0 Å². The summed E-state index contributed by atoms with van der Waals surface area (Å²) in [4.78, 5) is 2.39. The topological polar surface area (TPSA) is 3.24 Å². The molecule has 1 nitrogen and oxygen atoms in total. The molecule has 0 spiro atoms. The molecule has 0 saturated heterocycles. The molecule has 0 radical (unpaired) electrons. The second-order valence-electron chi connectivity index (χ2n) is 16.1. The average molecular weight is 802 g/mol. The molecule has 0 bridgehead atoms. The molecule has 0 amide bonds. The van der Waals surface area contributed by atoms with Crippen LogP contribution in [0.15, 0.2) is 261 Å². The predicted octanol–water partition coefficient (Wildman–Crippen LogP) is 17.5. The molecule has 0 aromatic heterocycles. The summed E-state index contributed by atoms with van der Waals surface area (Å²) in [5.74, 6) is 0. The molecule has 0 heterocycles. The van der Waals surface area contributed by atoms with Crippen LogP contribution < -0.4 is 4.90 Å². The molecule has 0 aliphatic heterocycles. The van der Waals surface area contributed by atoms with E-state index in [1.165, 1.54) is 82.7 Å². The van der Waals surface area contributed by atoms with E-state index in [0.717, 1.165) is 22.6 Å². The molecule has 0 aliphatic carbocycles. The Morgan fingerprint density at radius 1 is 0.190 bits per heavy atom. The van der Waals surface area contributed by atoms with E-state index in [9.17, 15) is 0 Å². The van der Waals surface area contributed by atoms with Gasteiger partial charge >= 0.3 is 0 Å². The maximum Gasteiger partial charge on any atom is 0.0468 e. The first-order valence-electron chi connectivity index (χ1n) is 21.7. The second-order valence-corrected chi connectivity index (χ2v) is 16.1. The summed E-state index contributed by atoms with van der Waals surface area (Å²) in [5.41, 5.74) is 17.6. The Kier molecular flexibility index (Phi) is 9.97. The van der Waals surface area contributed by atoms with Crippen molar-refractivity contribution in [3.05, 3.63) is 261 Å². The minimum Gasteiger partial charge on any atom is -0.310 e. The molecule has 0 atom stereocenters. The third-order valence-corrected chi connectivity index (χ3v) is 12.3. The highest BCUT2D eigenvalue weighted by Crippen LogP contribution is 2.43. The van der Waals surface area contributed by atoms with E-state index in [-0.39, 0.29) is 0 Å². The second kappa shape index (κ2) is 16.7. The lowest BCUT2D eigenvalue weighted by molar-refractivity contribution is 1.28. The van der Waals surface area contributed by atoms with Crippen LogP contribution in [-0.2, 0) is 0 Å². The van der Waals surface area contributed by atoms with Gasteiger partial charge in [-0.1, -0.05) is 218 Å². The van der Waals surface area contributed by atoms with Crippen LogP contribution in [0.3, 0.4) is 0 Å². The van der Waals surface area contributed by atoms with E-state index in [2.05, 4.69) is 266 Å². The molecule has 0 fully saturated rings. The largest absolute Gasteiger partial charge is 0.310 e. The van der Waals surface area contributed by atoms with E-state index >= 15 is 0 Å². The first-order valence-corrected chi connectivity index (χ1v) is 21.7. The summed E-state index contributed by atoms with van der Waals surface area (Å²) < 4.78 is 0. The lowest BCUT2D eigenvalue weighted by Crippen LogP contribution is -2.10. The molecule has 0 unspecified atom stereocenters. The van der Waals surface area contributed by atoms with Gasteiger partial charge in [-0.15, -0.1) is 0 Å². The number of hydrogen-bond donors (Lipinski definition) is 0. The molecule has 296 valence electrons. The van der Waals surface area contributed by atoms with Crippen LogP contribution in [0.1, 0.15) is 0 Å². The van der Waals surface area contributed by atoms with Crippen molar-refractivity contribution in [1.29, 1.82) is 0 Å². The third kappa shape index (κ3) is 7.47. The van der Waals surface area contributed by atoms with Gasteiger partial charge in [-0.3, -0.25) is 0 Å². The van der Waals surface area contributed by atoms with Gasteiger partial charge in [0.1, 0.15) is 0 Å². The SMILES string of the molecule is c1ccc(-c2ccc(-c3ccc(N(c4ccc(-c5ccccc5)cc4)c4ccc(-c5cc6ccccc6c6ccccc56)cc4)cc3-c3ccc(-c4ccccc4)cc3)cc2)cc1. The van der Waals surface area contributed by atoms with Crippen molar-refractivity contribution < 1.29 is 0 Å². The molecule has 1 heteroatoms. The Labute approximate surface area is 369 Å². The van der Waals surface area contributed by atoms with Crippen molar-refractivity contribution in [2.75, 3.05) is 4.90 Å². The van der Waals surface area contributed by atoms with Gasteiger partial charge < -0.3 is 4.90 Å². The monoisotopic (exact) mass is 801 g/mol. The zero-order valence-corrected chi connectivity index (χ0v) is 34.8. The molecule has 11 aromatic carbocycles. The predicted molar refractivity (Wildman–Crippen MR) is 269 cm³/mol. The molecule has 0 saturated carbocycles. The Bertz CT molecular complexity index is 3320. The van der Waals surface area contributed by atoms with Crippen LogP contribution in [0.2, 0.25) is 0 Å². The Morgan fingerprint density at radius 3 is 1.06 bits per heavy atom. The summed E-state index contributed by atoms with van der Waals surface area (Å²) in [6.07, 6.45) is 0. The van der Waals surface area contributed by atoms with Crippen LogP contribution in [-0.4, -0.2) is 0 Å². The van der Waals surface area contributed by atoms with E-state index in [4.69, 9.17) is 0 Å². The highest BCUT2D eigenvalue weighted by atomic mass is 15.1. The fourth-order valence-electron chi connectivity index (χ4n) is 9.07. The summed E-state index contributed by atoms with van der Waals surface area (Å²) in [7, 11) is 0. The minimum atomic E-state index is 1.08. The van der Waals surface area contributed by atoms with Gasteiger partial charge in [-0.2, -0.15) is 0 Å². The van der Waals surface area contributed by atoms with Gasteiger partial charge in [0.15, 0.2) is 0 Å². The normalized spacial score (nSPS) is 11.2. The zero-order chi connectivity index (χ0) is 42.0. The van der Waals surface area contributed by atoms with Crippen LogP contribution in [0.5, 0.6) is 0 Å². The third-order valence-electron chi connectivity index (χ3n) is 12.3. The fraction of sp³-hybridized carbons (Fsp3) is 0. The van der Waals surface area contributed by atoms with Crippen molar-refractivity contribution in [1.82, 2.24) is 0 Å². The van der Waals surface area contributed by atoms with Crippen molar-refractivity contribution in [3.8, 4) is 66.8 Å². The highest BCUT2D eigenvalue weighted by molar-refractivity contribution is 6.13. The van der Waals surface area contributed by atoms with Crippen molar-refractivity contribution in [2.24, 2.45) is 0 Å². The first kappa shape index (κ1) is 37.7. The Balaban J connectivity index is 1.05. The number of benzene rings is 11. The maximum atomic E-state index is 2.39.